The molecule has 21 heavy (non-hydrogen) atoms. The molecular weight excluding hydrogens is 288 g/mol. The molecule has 0 fully saturated rings. The minimum atomic E-state index is -0.226. The van der Waals surface area contributed by atoms with Crippen LogP contribution >= 0.6 is 12.2 Å². The third-order valence-corrected chi connectivity index (χ3v) is 3.92. The molecule has 1 atom stereocenters. The Bertz CT molecular complexity index is 737. The maximum absolute atomic E-state index is 12.3. The molecule has 1 aliphatic heterocycles. The molecule has 0 spiro atoms. The van der Waals surface area contributed by atoms with Crippen molar-refractivity contribution in [1.29, 1.82) is 0 Å². The number of ether oxygens (including phenoxy) is 1. The highest BCUT2D eigenvalue weighted by atomic mass is 32.1. The van der Waals surface area contributed by atoms with Crippen molar-refractivity contribution in [3.8, 4) is 5.75 Å². The predicted octanol–water partition coefficient (Wildman–Crippen LogP) is 2.45. The van der Waals surface area contributed by atoms with Gasteiger partial charge in [-0.3, -0.25) is 14.8 Å². The molecule has 1 aliphatic rings. The average molecular weight is 304 g/mol. The Kier molecular flexibility index (Phi) is 3.50. The van der Waals surface area contributed by atoms with E-state index in [1.807, 2.05) is 42.7 Å². The number of amides is 1. The van der Waals surface area contributed by atoms with Crippen LogP contribution in [0.4, 0.5) is 5.69 Å². The van der Waals surface area contributed by atoms with Crippen LogP contribution in [0, 0.1) is 4.77 Å². The quantitative estimate of drug-likeness (QED) is 0.885. The molecule has 1 amide bonds. The smallest absolute Gasteiger partial charge is 0.265 e. The first kappa shape index (κ1) is 13.8. The summed E-state index contributed by atoms with van der Waals surface area (Å²) in [4.78, 5) is 14.0. The number of aromatic amines is 1. The Morgan fingerprint density at radius 1 is 1.48 bits per heavy atom. The zero-order valence-corrected chi connectivity index (χ0v) is 12.7. The van der Waals surface area contributed by atoms with E-state index in [1.165, 1.54) is 0 Å². The number of nitrogens with zero attached hydrogens (tertiary/aromatic N) is 3. The molecule has 0 unspecified atom stereocenters. The van der Waals surface area contributed by atoms with Crippen molar-refractivity contribution in [1.82, 2.24) is 14.8 Å². The van der Waals surface area contributed by atoms with E-state index in [-0.39, 0.29) is 18.6 Å². The number of carbonyl (C=O) groups excluding carboxylic acids is 1. The number of rotatable bonds is 3. The van der Waals surface area contributed by atoms with Gasteiger partial charge in [0.05, 0.1) is 11.7 Å². The maximum Gasteiger partial charge on any atom is 0.265 e. The van der Waals surface area contributed by atoms with Crippen LogP contribution in [0.5, 0.6) is 5.75 Å². The number of hydrogen-bond acceptors (Lipinski definition) is 4. The van der Waals surface area contributed by atoms with Crippen LogP contribution in [0.3, 0.4) is 0 Å². The van der Waals surface area contributed by atoms with Crippen molar-refractivity contribution in [2.45, 2.75) is 26.4 Å². The Balaban J connectivity index is 2.06. The highest BCUT2D eigenvalue weighted by Gasteiger charge is 2.32. The van der Waals surface area contributed by atoms with Crippen molar-refractivity contribution in [2.24, 2.45) is 0 Å². The second-order valence-corrected chi connectivity index (χ2v) is 5.21. The maximum atomic E-state index is 12.3. The van der Waals surface area contributed by atoms with E-state index in [2.05, 4.69) is 10.2 Å². The lowest BCUT2D eigenvalue weighted by Gasteiger charge is -2.33. The van der Waals surface area contributed by atoms with Crippen LogP contribution in [0.2, 0.25) is 0 Å². The number of aromatic nitrogens is 3. The molecule has 0 bridgehead atoms. The largest absolute Gasteiger partial charge is 0.482 e. The van der Waals surface area contributed by atoms with Crippen LogP contribution in [0.1, 0.15) is 25.7 Å². The minimum Gasteiger partial charge on any atom is -0.482 e. The van der Waals surface area contributed by atoms with Crippen LogP contribution in [-0.2, 0) is 11.3 Å². The van der Waals surface area contributed by atoms with E-state index in [9.17, 15) is 4.79 Å². The standard InChI is InChI=1S/C14H16N4O2S/c1-3-17-13(15-16-14(17)21)9(2)18-10-6-4-5-7-11(10)20-8-12(18)19/h4-7,9H,3,8H2,1-2H3,(H,16,21)/t9-/m1/s1. The lowest BCUT2D eigenvalue weighted by Crippen LogP contribution is -2.41. The molecule has 2 heterocycles. The van der Waals surface area contributed by atoms with E-state index in [0.29, 0.717) is 17.1 Å². The summed E-state index contributed by atoms with van der Waals surface area (Å²) >= 11 is 5.22. The van der Waals surface area contributed by atoms with Crippen LogP contribution in [-0.4, -0.2) is 27.3 Å². The summed E-state index contributed by atoms with van der Waals surface area (Å²) in [5.74, 6) is 1.37. The first-order chi connectivity index (χ1) is 10.1. The zero-order chi connectivity index (χ0) is 15.0. The molecule has 1 aromatic carbocycles. The number of nitrogens with one attached hydrogen (secondary N) is 1. The molecular formula is C14H16N4O2S. The fourth-order valence-corrected chi connectivity index (χ4v) is 2.88. The average Bonchev–Trinajstić information content (AvgIpc) is 2.87. The summed E-state index contributed by atoms with van der Waals surface area (Å²) in [6.45, 7) is 4.68. The first-order valence-electron chi connectivity index (χ1n) is 6.82. The highest BCUT2D eigenvalue weighted by molar-refractivity contribution is 7.71. The molecule has 6 nitrogen and oxygen atoms in total. The summed E-state index contributed by atoms with van der Waals surface area (Å²) in [6, 6.07) is 7.28. The Hall–Kier alpha value is -2.15. The molecule has 0 aliphatic carbocycles. The highest BCUT2D eigenvalue weighted by Crippen LogP contribution is 2.36. The summed E-state index contributed by atoms with van der Waals surface area (Å²) in [5.41, 5.74) is 0.762. The van der Waals surface area contributed by atoms with Gasteiger partial charge in [0.1, 0.15) is 5.75 Å². The summed E-state index contributed by atoms with van der Waals surface area (Å²) in [7, 11) is 0. The van der Waals surface area contributed by atoms with E-state index >= 15 is 0 Å². The first-order valence-corrected chi connectivity index (χ1v) is 7.23. The molecule has 0 saturated heterocycles. The van der Waals surface area contributed by atoms with Gasteiger partial charge in [-0.15, -0.1) is 0 Å². The molecule has 0 radical (unpaired) electrons. The van der Waals surface area contributed by atoms with Gasteiger partial charge in [0.15, 0.2) is 17.2 Å². The second-order valence-electron chi connectivity index (χ2n) is 4.83. The third kappa shape index (κ3) is 2.23. The van der Waals surface area contributed by atoms with Crippen molar-refractivity contribution in [3.63, 3.8) is 0 Å². The summed E-state index contributed by atoms with van der Waals surface area (Å²) in [5, 5.41) is 7.07. The van der Waals surface area contributed by atoms with Crippen molar-refractivity contribution in [2.75, 3.05) is 11.5 Å². The van der Waals surface area contributed by atoms with E-state index in [1.54, 1.807) is 4.90 Å². The number of H-pyrrole nitrogens is 1. The third-order valence-electron chi connectivity index (χ3n) is 3.61. The van der Waals surface area contributed by atoms with Gasteiger partial charge in [-0.05, 0) is 38.2 Å². The predicted molar refractivity (Wildman–Crippen MR) is 80.9 cm³/mol. The van der Waals surface area contributed by atoms with E-state index in [4.69, 9.17) is 17.0 Å². The molecule has 7 heteroatoms. The van der Waals surface area contributed by atoms with E-state index in [0.717, 1.165) is 11.5 Å². The zero-order valence-electron chi connectivity index (χ0n) is 11.9. The van der Waals surface area contributed by atoms with Gasteiger partial charge in [-0.2, -0.15) is 5.10 Å². The lowest BCUT2D eigenvalue weighted by atomic mass is 10.1. The number of fused-ring (bicyclic) bond motifs is 1. The summed E-state index contributed by atoms with van der Waals surface area (Å²) in [6.07, 6.45) is 0. The number of carbonyl (C=O) groups is 1. The fraction of sp³-hybridized carbons (Fsp3) is 0.357. The summed E-state index contributed by atoms with van der Waals surface area (Å²) < 4.78 is 7.92. The Morgan fingerprint density at radius 2 is 2.24 bits per heavy atom. The van der Waals surface area contributed by atoms with Gasteiger partial charge in [-0.1, -0.05) is 12.1 Å². The van der Waals surface area contributed by atoms with Gasteiger partial charge in [0, 0.05) is 6.54 Å². The lowest BCUT2D eigenvalue weighted by molar-refractivity contribution is -0.121. The molecule has 2 aromatic rings. The SMILES string of the molecule is CCn1c([C@@H](C)N2C(=O)COc3ccccc32)n[nH]c1=S. The van der Waals surface area contributed by atoms with Crippen LogP contribution in [0.15, 0.2) is 24.3 Å². The minimum absolute atomic E-state index is 0.0403. The Morgan fingerprint density at radius 3 is 3.00 bits per heavy atom. The second kappa shape index (κ2) is 5.33. The number of benzene rings is 1. The van der Waals surface area contributed by atoms with Gasteiger partial charge < -0.3 is 9.30 Å². The normalized spacial score (nSPS) is 15.5. The van der Waals surface area contributed by atoms with Gasteiger partial charge in [0.2, 0.25) is 0 Å². The number of para-hydroxylation sites is 2. The molecule has 1 aromatic heterocycles. The molecule has 110 valence electrons. The molecule has 0 saturated carbocycles. The van der Waals surface area contributed by atoms with Crippen molar-refractivity contribution < 1.29 is 9.53 Å². The van der Waals surface area contributed by atoms with Crippen LogP contribution < -0.4 is 9.64 Å². The van der Waals surface area contributed by atoms with Gasteiger partial charge in [-0.25, -0.2) is 0 Å². The molecule has 1 N–H and O–H groups in total. The van der Waals surface area contributed by atoms with Gasteiger partial charge in [0.25, 0.3) is 5.91 Å². The van der Waals surface area contributed by atoms with Gasteiger partial charge >= 0.3 is 0 Å². The van der Waals surface area contributed by atoms with E-state index < -0.39 is 0 Å². The topological polar surface area (TPSA) is 63.1 Å². The number of anilines is 1. The molecule has 3 rings (SSSR count). The van der Waals surface area contributed by atoms with Crippen molar-refractivity contribution >= 4 is 23.8 Å². The van der Waals surface area contributed by atoms with Crippen LogP contribution in [0.25, 0.3) is 0 Å². The monoisotopic (exact) mass is 304 g/mol. The fourth-order valence-electron chi connectivity index (χ4n) is 2.62. The van der Waals surface area contributed by atoms with Crippen molar-refractivity contribution in [3.05, 3.63) is 34.9 Å². The Labute approximate surface area is 127 Å². The number of hydrogen-bond donors (Lipinski definition) is 1.